The molecule has 0 saturated heterocycles. The van der Waals surface area contributed by atoms with Crippen molar-refractivity contribution in [3.8, 4) is 6.07 Å². The van der Waals surface area contributed by atoms with Crippen LogP contribution in [0.4, 0.5) is 4.79 Å². The molecule has 0 fully saturated rings. The van der Waals surface area contributed by atoms with Gasteiger partial charge in [0, 0.05) is 25.4 Å². The molecule has 0 atom stereocenters. The van der Waals surface area contributed by atoms with E-state index >= 15 is 0 Å². The number of urea groups is 1. The molecule has 5 nitrogen and oxygen atoms in total. The fraction of sp³-hybridized carbons (Fsp3) is 0.727. The molecule has 1 N–H and O–H groups in total. The third kappa shape index (κ3) is 7.58. The molecule has 0 rings (SSSR count). The number of imide groups is 1. The van der Waals surface area contributed by atoms with E-state index in [-0.39, 0.29) is 24.6 Å². The van der Waals surface area contributed by atoms with Crippen molar-refractivity contribution < 1.29 is 9.59 Å². The molecule has 3 amide bonds. The zero-order valence-electron chi connectivity index (χ0n) is 10.2. The lowest BCUT2D eigenvalue weighted by Gasteiger charge is -2.23. The van der Waals surface area contributed by atoms with E-state index in [1.807, 2.05) is 19.9 Å². The predicted octanol–water partition coefficient (Wildman–Crippen LogP) is 1.72. The minimum atomic E-state index is -0.455. The predicted molar refractivity (Wildman–Crippen MR) is 65.5 cm³/mol. The van der Waals surface area contributed by atoms with Crippen molar-refractivity contribution in [2.24, 2.45) is 5.92 Å². The van der Waals surface area contributed by atoms with Crippen molar-refractivity contribution >= 4 is 23.5 Å². The summed E-state index contributed by atoms with van der Waals surface area (Å²) in [5.41, 5.74) is 0. The minimum Gasteiger partial charge on any atom is -0.323 e. The molecular weight excluding hydrogens is 242 g/mol. The van der Waals surface area contributed by atoms with Gasteiger partial charge in [-0.25, -0.2) is 4.79 Å². The second-order valence-corrected chi connectivity index (χ2v) is 4.42. The van der Waals surface area contributed by atoms with E-state index in [0.29, 0.717) is 13.1 Å². The second-order valence-electron chi connectivity index (χ2n) is 4.04. The first-order valence-electron chi connectivity index (χ1n) is 5.53. The highest BCUT2D eigenvalue weighted by Gasteiger charge is 2.16. The normalized spacial score (nSPS) is 9.82. The molecule has 0 heterocycles. The maximum absolute atomic E-state index is 11.7. The van der Waals surface area contributed by atoms with Crippen LogP contribution in [0.2, 0.25) is 0 Å². The van der Waals surface area contributed by atoms with E-state index in [1.54, 1.807) is 0 Å². The molecule has 96 valence electrons. The standard InChI is InChI=1S/C11H18ClN3O2/c1-9(2)8-15(7-3-6-13)11(17)14-10(16)4-5-12/h9H,3-5,7-8H2,1-2H3,(H,14,16,17). The first-order chi connectivity index (χ1) is 8.01. The van der Waals surface area contributed by atoms with E-state index in [4.69, 9.17) is 16.9 Å². The molecule has 0 aromatic carbocycles. The molecule has 6 heteroatoms. The van der Waals surface area contributed by atoms with Gasteiger partial charge in [-0.05, 0) is 5.92 Å². The molecule has 0 aromatic rings. The Balaban J connectivity index is 4.31. The summed E-state index contributed by atoms with van der Waals surface area (Å²) < 4.78 is 0. The molecular formula is C11H18ClN3O2. The molecule has 0 aliphatic rings. The van der Waals surface area contributed by atoms with Gasteiger partial charge in [-0.15, -0.1) is 11.6 Å². The summed E-state index contributed by atoms with van der Waals surface area (Å²) in [5.74, 6) is 0.0693. The number of hydrogen-bond acceptors (Lipinski definition) is 3. The quantitative estimate of drug-likeness (QED) is 0.738. The zero-order chi connectivity index (χ0) is 13.3. The number of halogens is 1. The number of alkyl halides is 1. The smallest absolute Gasteiger partial charge is 0.323 e. The lowest BCUT2D eigenvalue weighted by molar-refractivity contribution is -0.119. The fourth-order valence-corrected chi connectivity index (χ4v) is 1.42. The average molecular weight is 260 g/mol. The van der Waals surface area contributed by atoms with Crippen molar-refractivity contribution in [1.82, 2.24) is 10.2 Å². The van der Waals surface area contributed by atoms with Crippen LogP contribution in [0.15, 0.2) is 0 Å². The lowest BCUT2D eigenvalue weighted by atomic mass is 10.2. The van der Waals surface area contributed by atoms with Crippen molar-refractivity contribution in [2.75, 3.05) is 19.0 Å². The van der Waals surface area contributed by atoms with Gasteiger partial charge in [0.2, 0.25) is 5.91 Å². The van der Waals surface area contributed by atoms with Crippen LogP contribution in [0, 0.1) is 17.2 Å². The second kappa shape index (κ2) is 8.82. The molecule has 0 saturated carbocycles. The van der Waals surface area contributed by atoms with Gasteiger partial charge in [0.05, 0.1) is 12.5 Å². The maximum atomic E-state index is 11.7. The van der Waals surface area contributed by atoms with Gasteiger partial charge in [-0.3, -0.25) is 10.1 Å². The summed E-state index contributed by atoms with van der Waals surface area (Å²) in [7, 11) is 0. The number of hydrogen-bond donors (Lipinski definition) is 1. The Hall–Kier alpha value is -1.28. The minimum absolute atomic E-state index is 0.112. The molecule has 17 heavy (non-hydrogen) atoms. The van der Waals surface area contributed by atoms with Gasteiger partial charge in [0.25, 0.3) is 0 Å². The largest absolute Gasteiger partial charge is 0.324 e. The lowest BCUT2D eigenvalue weighted by Crippen LogP contribution is -2.44. The van der Waals surface area contributed by atoms with Gasteiger partial charge in [0.15, 0.2) is 0 Å². The third-order valence-corrected chi connectivity index (χ3v) is 2.12. The van der Waals surface area contributed by atoms with Gasteiger partial charge in [0.1, 0.15) is 0 Å². The Kier molecular flexibility index (Phi) is 8.16. The van der Waals surface area contributed by atoms with E-state index in [1.165, 1.54) is 4.90 Å². The van der Waals surface area contributed by atoms with E-state index in [0.717, 1.165) is 0 Å². The van der Waals surface area contributed by atoms with Crippen LogP contribution in [0.3, 0.4) is 0 Å². The summed E-state index contributed by atoms with van der Waals surface area (Å²) in [5, 5.41) is 10.8. The van der Waals surface area contributed by atoms with E-state index in [2.05, 4.69) is 5.32 Å². The number of carbonyl (C=O) groups excluding carboxylic acids is 2. The van der Waals surface area contributed by atoms with Crippen LogP contribution in [0.5, 0.6) is 0 Å². The van der Waals surface area contributed by atoms with Crippen LogP contribution in [-0.2, 0) is 4.79 Å². The highest BCUT2D eigenvalue weighted by atomic mass is 35.5. The van der Waals surface area contributed by atoms with Crippen molar-refractivity contribution in [3.63, 3.8) is 0 Å². The number of carbonyl (C=O) groups is 2. The zero-order valence-corrected chi connectivity index (χ0v) is 11.0. The molecule has 0 unspecified atom stereocenters. The van der Waals surface area contributed by atoms with Gasteiger partial charge >= 0.3 is 6.03 Å². The van der Waals surface area contributed by atoms with E-state index in [9.17, 15) is 9.59 Å². The van der Waals surface area contributed by atoms with Crippen LogP contribution in [-0.4, -0.2) is 35.8 Å². The number of nitrogens with zero attached hydrogens (tertiary/aromatic N) is 2. The van der Waals surface area contributed by atoms with Crippen LogP contribution >= 0.6 is 11.6 Å². The first kappa shape index (κ1) is 15.7. The van der Waals surface area contributed by atoms with E-state index < -0.39 is 11.9 Å². The molecule has 0 radical (unpaired) electrons. The summed E-state index contributed by atoms with van der Waals surface area (Å²) in [6.07, 6.45) is 0.366. The first-order valence-corrected chi connectivity index (χ1v) is 6.06. The van der Waals surface area contributed by atoms with Gasteiger partial charge in [-0.2, -0.15) is 5.26 Å². The topological polar surface area (TPSA) is 73.2 Å². The highest BCUT2D eigenvalue weighted by molar-refractivity contribution is 6.19. The van der Waals surface area contributed by atoms with Gasteiger partial charge < -0.3 is 4.90 Å². The molecule has 0 aromatic heterocycles. The summed E-state index contributed by atoms with van der Waals surface area (Å²) in [6.45, 7) is 4.77. The number of nitrogens with one attached hydrogen (secondary N) is 1. The Morgan fingerprint density at radius 1 is 1.47 bits per heavy atom. The van der Waals surface area contributed by atoms with Crippen LogP contribution in [0.1, 0.15) is 26.7 Å². The van der Waals surface area contributed by atoms with Crippen molar-refractivity contribution in [2.45, 2.75) is 26.7 Å². The Bertz CT molecular complexity index is 300. The van der Waals surface area contributed by atoms with Crippen molar-refractivity contribution in [1.29, 1.82) is 5.26 Å². The monoisotopic (exact) mass is 259 g/mol. The van der Waals surface area contributed by atoms with Gasteiger partial charge in [-0.1, -0.05) is 13.8 Å². The molecule has 0 spiro atoms. The number of rotatable bonds is 6. The Labute approximate surface area is 107 Å². The highest BCUT2D eigenvalue weighted by Crippen LogP contribution is 2.00. The number of amides is 3. The maximum Gasteiger partial charge on any atom is 0.324 e. The van der Waals surface area contributed by atoms with Crippen LogP contribution in [0.25, 0.3) is 0 Å². The average Bonchev–Trinajstić information content (AvgIpc) is 2.23. The third-order valence-electron chi connectivity index (χ3n) is 1.93. The Morgan fingerprint density at radius 2 is 2.12 bits per heavy atom. The Morgan fingerprint density at radius 3 is 2.59 bits per heavy atom. The summed E-state index contributed by atoms with van der Waals surface area (Å²) in [6, 6.07) is 1.52. The fourth-order valence-electron chi connectivity index (χ4n) is 1.25. The molecule has 0 aliphatic carbocycles. The number of nitriles is 1. The molecule has 0 aliphatic heterocycles. The SMILES string of the molecule is CC(C)CN(CCC#N)C(=O)NC(=O)CCCl. The van der Waals surface area contributed by atoms with Crippen molar-refractivity contribution in [3.05, 3.63) is 0 Å². The molecule has 0 bridgehead atoms. The van der Waals surface area contributed by atoms with Crippen LogP contribution < -0.4 is 5.32 Å². The summed E-state index contributed by atoms with van der Waals surface area (Å²) in [4.78, 5) is 24.4. The summed E-state index contributed by atoms with van der Waals surface area (Å²) >= 11 is 5.40.